The molecule has 0 aromatic rings. The number of hydrogen-bond donors (Lipinski definition) is 16. The van der Waals surface area contributed by atoms with Gasteiger partial charge in [0.25, 0.3) is 0 Å². The molecule has 10 atom stereocenters. The first-order valence-corrected chi connectivity index (χ1v) is 22.4. The van der Waals surface area contributed by atoms with E-state index in [2.05, 4.69) is 52.5 Å². The molecule has 68 heavy (non-hydrogen) atoms. The number of aliphatic hydroxyl groups is 3. The van der Waals surface area contributed by atoms with Crippen LogP contribution in [0.4, 0.5) is 0 Å². The van der Waals surface area contributed by atoms with Crippen molar-refractivity contribution in [3.05, 3.63) is 0 Å². The average molecular weight is 970 g/mol. The van der Waals surface area contributed by atoms with Crippen molar-refractivity contribution in [1.29, 1.82) is 0 Å². The van der Waals surface area contributed by atoms with Crippen LogP contribution in [0.3, 0.4) is 0 Å². The predicted molar refractivity (Wildman–Crippen MR) is 243 cm³/mol. The maximum atomic E-state index is 13.8. The van der Waals surface area contributed by atoms with Crippen molar-refractivity contribution in [2.24, 2.45) is 38.8 Å². The Morgan fingerprint density at radius 1 is 0.662 bits per heavy atom. The molecular formula is C40H71N15O13. The highest BCUT2D eigenvalue weighted by molar-refractivity contribution is 5.98. The van der Waals surface area contributed by atoms with Crippen LogP contribution >= 0.6 is 0 Å². The number of carbonyl (C=O) groups is 9. The number of nitrogens with zero attached hydrogens (tertiary/aromatic N) is 3. The van der Waals surface area contributed by atoms with Crippen LogP contribution in [0, 0.1) is 5.92 Å². The van der Waals surface area contributed by atoms with Crippen LogP contribution in [-0.2, 0) is 43.2 Å². The number of carboxylic acids is 1. The summed E-state index contributed by atoms with van der Waals surface area (Å²) >= 11 is 0. The zero-order chi connectivity index (χ0) is 51.2. The summed E-state index contributed by atoms with van der Waals surface area (Å²) in [4.78, 5) is 128. The third-order valence-corrected chi connectivity index (χ3v) is 11.0. The minimum absolute atomic E-state index is 0.0211. The standard InChI is InChI=1S/C40H71N15O13/c1-19(2)28(35(64)50-23(10-6-15-47-40(43)44)31(60)49-22(9-5-14-46-39(41)42)32(61)51-25(18-56)38(67)68)52-27(59)17-48-34(63)29(20(3)57)54-36(65)30(21(4)58)53-33(62)26-12-8-16-55(26)37(66)24-11-7-13-45-24/h19-26,28-30,45,56-58H,5-18H2,1-4H3,(H,48,63)(H,49,60)(H,50,64)(H,51,61)(H,52,59)(H,53,62)(H,54,65)(H,67,68)(H4,41,42,46)(H4,43,44,47)/t20-,21-,22+,23+,24+,25+,26+,28+,29+,30+/m1/s1. The van der Waals surface area contributed by atoms with Crippen LogP contribution < -0.4 is 65.5 Å². The zero-order valence-electron chi connectivity index (χ0n) is 38.9. The van der Waals surface area contributed by atoms with Gasteiger partial charge in [0.1, 0.15) is 42.3 Å². The van der Waals surface area contributed by atoms with Crippen molar-refractivity contribution in [3.8, 4) is 0 Å². The van der Waals surface area contributed by atoms with E-state index in [4.69, 9.17) is 22.9 Å². The van der Waals surface area contributed by atoms with Crippen molar-refractivity contribution in [2.45, 2.75) is 140 Å². The van der Waals surface area contributed by atoms with Crippen LogP contribution in [0.5, 0.6) is 0 Å². The van der Waals surface area contributed by atoms with Gasteiger partial charge in [-0.1, -0.05) is 13.8 Å². The fraction of sp³-hybridized carbons (Fsp3) is 0.725. The average Bonchev–Trinajstić information content (AvgIpc) is 4.00. The fourth-order valence-electron chi connectivity index (χ4n) is 7.27. The fourth-order valence-corrected chi connectivity index (χ4v) is 7.27. The van der Waals surface area contributed by atoms with Gasteiger partial charge in [0.05, 0.1) is 31.4 Å². The highest BCUT2D eigenvalue weighted by Crippen LogP contribution is 2.21. The van der Waals surface area contributed by atoms with Gasteiger partial charge in [0.2, 0.25) is 47.3 Å². The Hall–Kier alpha value is -6.39. The molecule has 0 bridgehead atoms. The zero-order valence-corrected chi connectivity index (χ0v) is 38.9. The highest BCUT2D eigenvalue weighted by atomic mass is 16.4. The molecule has 2 aliphatic heterocycles. The van der Waals surface area contributed by atoms with Crippen LogP contribution in [0.25, 0.3) is 0 Å². The molecule has 2 fully saturated rings. The molecule has 0 aromatic carbocycles. The summed E-state index contributed by atoms with van der Waals surface area (Å²) in [5.41, 5.74) is 21.6. The lowest BCUT2D eigenvalue weighted by atomic mass is 10.0. The van der Waals surface area contributed by atoms with Crippen LogP contribution in [0.1, 0.15) is 79.1 Å². The molecule has 0 spiro atoms. The predicted octanol–water partition coefficient (Wildman–Crippen LogP) is -7.64. The number of rotatable bonds is 28. The molecule has 0 radical (unpaired) electrons. The molecule has 0 saturated carbocycles. The smallest absolute Gasteiger partial charge is 0.328 e. The number of aliphatic carboxylic acids is 1. The van der Waals surface area contributed by atoms with E-state index in [0.29, 0.717) is 32.4 Å². The van der Waals surface area contributed by atoms with E-state index in [1.165, 1.54) is 18.7 Å². The van der Waals surface area contributed by atoms with Gasteiger partial charge in [0.15, 0.2) is 11.9 Å². The number of carbonyl (C=O) groups excluding carboxylic acids is 8. The van der Waals surface area contributed by atoms with Crippen molar-refractivity contribution in [2.75, 3.05) is 39.3 Å². The lowest BCUT2D eigenvalue weighted by Gasteiger charge is -2.30. The van der Waals surface area contributed by atoms with Crippen LogP contribution in [0.2, 0.25) is 0 Å². The first-order chi connectivity index (χ1) is 32.0. The second-order valence-electron chi connectivity index (χ2n) is 16.9. The Kier molecular flexibility index (Phi) is 24.4. The molecule has 8 amide bonds. The van der Waals surface area contributed by atoms with E-state index in [9.17, 15) is 63.6 Å². The van der Waals surface area contributed by atoms with Crippen molar-refractivity contribution in [3.63, 3.8) is 0 Å². The van der Waals surface area contributed by atoms with Gasteiger partial charge in [0, 0.05) is 19.6 Å². The SMILES string of the molecule is CC(C)[C@H](NC(=O)CNC(=O)[C@@H](NC(=O)[C@@H](NC(=O)[C@@H]1CCCN1C(=O)[C@@H]1CCCN1)[C@@H](C)O)[C@@H](C)O)C(=O)N[C@@H](CCCN=C(N)N)C(=O)N[C@@H](CCCN=C(N)N)C(=O)N[C@@H](CO)C(=O)O. The number of hydrogen-bond acceptors (Lipinski definition) is 15. The molecule has 384 valence electrons. The summed E-state index contributed by atoms with van der Waals surface area (Å²) in [6, 6.07) is -10.5. The topological polar surface area (TPSA) is 463 Å². The first-order valence-electron chi connectivity index (χ1n) is 22.4. The van der Waals surface area contributed by atoms with Gasteiger partial charge in [-0.3, -0.25) is 48.3 Å². The number of carboxylic acid groups (broad SMARTS) is 1. The lowest BCUT2D eigenvalue weighted by molar-refractivity contribution is -0.143. The summed E-state index contributed by atoms with van der Waals surface area (Å²) < 4.78 is 0. The summed E-state index contributed by atoms with van der Waals surface area (Å²) in [5, 5.41) is 59.5. The van der Waals surface area contributed by atoms with E-state index in [0.717, 1.165) is 6.42 Å². The second-order valence-corrected chi connectivity index (χ2v) is 16.9. The number of nitrogens with two attached hydrogens (primary N) is 4. The minimum Gasteiger partial charge on any atom is -0.480 e. The quantitative estimate of drug-likeness (QED) is 0.0197. The van der Waals surface area contributed by atoms with Gasteiger partial charge in [-0.05, 0) is 77.7 Å². The molecule has 2 heterocycles. The third kappa shape index (κ3) is 19.1. The van der Waals surface area contributed by atoms with Gasteiger partial charge in [-0.25, -0.2) is 4.79 Å². The van der Waals surface area contributed by atoms with E-state index in [-0.39, 0.29) is 56.6 Å². The van der Waals surface area contributed by atoms with Gasteiger partial charge < -0.3 is 90.8 Å². The minimum atomic E-state index is -1.71. The molecule has 2 aliphatic rings. The monoisotopic (exact) mass is 970 g/mol. The Morgan fingerprint density at radius 3 is 1.65 bits per heavy atom. The van der Waals surface area contributed by atoms with Gasteiger partial charge >= 0.3 is 5.97 Å². The van der Waals surface area contributed by atoms with E-state index >= 15 is 0 Å². The molecule has 20 N–H and O–H groups in total. The molecule has 28 heteroatoms. The maximum absolute atomic E-state index is 13.8. The van der Waals surface area contributed by atoms with E-state index < -0.39 is 127 Å². The molecule has 28 nitrogen and oxygen atoms in total. The Bertz CT molecular complexity index is 1820. The number of guanidine groups is 2. The number of amides is 8. The Morgan fingerprint density at radius 2 is 1.18 bits per heavy atom. The first kappa shape index (κ1) is 57.7. The second kappa shape index (κ2) is 28.7. The largest absolute Gasteiger partial charge is 0.480 e. The Labute approximate surface area is 393 Å². The summed E-state index contributed by atoms with van der Waals surface area (Å²) in [5.74, 6) is -9.36. The molecule has 0 aromatic heterocycles. The lowest BCUT2D eigenvalue weighted by Crippen LogP contribution is -2.62. The maximum Gasteiger partial charge on any atom is 0.328 e. The van der Waals surface area contributed by atoms with Crippen LogP contribution in [0.15, 0.2) is 9.98 Å². The number of nitrogens with one attached hydrogen (secondary N) is 8. The summed E-state index contributed by atoms with van der Waals surface area (Å²) in [6.07, 6.45) is -0.729. The molecule has 0 unspecified atom stereocenters. The van der Waals surface area contributed by atoms with Gasteiger partial charge in [-0.15, -0.1) is 0 Å². The van der Waals surface area contributed by atoms with Crippen LogP contribution in [-0.4, -0.2) is 190 Å². The van der Waals surface area contributed by atoms with Crippen molar-refractivity contribution in [1.82, 2.24) is 47.4 Å². The highest BCUT2D eigenvalue weighted by Gasteiger charge is 2.41. The Balaban J connectivity index is 2.17. The summed E-state index contributed by atoms with van der Waals surface area (Å²) in [6.45, 7) is 4.84. The van der Waals surface area contributed by atoms with E-state index in [1.54, 1.807) is 13.8 Å². The molecule has 2 rings (SSSR count). The molecule has 2 saturated heterocycles. The van der Waals surface area contributed by atoms with Crippen molar-refractivity contribution >= 4 is 65.1 Å². The summed E-state index contributed by atoms with van der Waals surface area (Å²) in [7, 11) is 0. The van der Waals surface area contributed by atoms with Gasteiger partial charge in [-0.2, -0.15) is 0 Å². The molecule has 0 aliphatic carbocycles. The normalized spacial score (nSPS) is 19.0. The van der Waals surface area contributed by atoms with Crippen molar-refractivity contribution < 1.29 is 63.6 Å². The third-order valence-electron chi connectivity index (χ3n) is 11.0. The number of likely N-dealkylation sites (tertiary alicyclic amines) is 1. The molecular weight excluding hydrogens is 899 g/mol. The number of aliphatic imine (C=N–C) groups is 2. The number of aliphatic hydroxyl groups excluding tert-OH is 3. The van der Waals surface area contributed by atoms with E-state index in [1.807, 2.05) is 0 Å².